The molecular formula is C14H25N3S3. The van der Waals surface area contributed by atoms with Gasteiger partial charge in [0, 0.05) is 11.3 Å². The summed E-state index contributed by atoms with van der Waals surface area (Å²) in [6.07, 6.45) is 11.4. The van der Waals surface area contributed by atoms with Gasteiger partial charge in [-0.25, -0.2) is 0 Å². The normalized spacial score (nSPS) is 24.3. The molecule has 1 aromatic heterocycles. The molecule has 0 spiro atoms. The largest absolute Gasteiger partial charge is 0.313 e. The molecule has 1 N–H and O–H groups in total. The van der Waals surface area contributed by atoms with E-state index in [1.807, 2.05) is 11.8 Å². The van der Waals surface area contributed by atoms with E-state index in [1.165, 1.54) is 44.9 Å². The van der Waals surface area contributed by atoms with Gasteiger partial charge in [0.2, 0.25) is 0 Å². The van der Waals surface area contributed by atoms with Crippen molar-refractivity contribution in [1.82, 2.24) is 15.5 Å². The molecule has 1 aliphatic rings. The highest BCUT2D eigenvalue weighted by atomic mass is 32.2. The first kappa shape index (κ1) is 16.6. The highest BCUT2D eigenvalue weighted by Crippen LogP contribution is 2.35. The lowest BCUT2D eigenvalue weighted by molar-refractivity contribution is 0.400. The summed E-state index contributed by atoms with van der Waals surface area (Å²) in [5.41, 5.74) is 0. The molecule has 2 rings (SSSR count). The Bertz CT molecular complexity index is 381. The molecule has 2 unspecified atom stereocenters. The highest BCUT2D eigenvalue weighted by Gasteiger charge is 2.24. The Hall–Kier alpha value is 0.220. The predicted molar refractivity (Wildman–Crippen MR) is 91.1 cm³/mol. The molecule has 0 bridgehead atoms. The summed E-state index contributed by atoms with van der Waals surface area (Å²) in [6.45, 7) is 3.38. The van der Waals surface area contributed by atoms with Gasteiger partial charge in [-0.3, -0.25) is 0 Å². The van der Waals surface area contributed by atoms with Gasteiger partial charge in [0.15, 0.2) is 8.68 Å². The van der Waals surface area contributed by atoms with Gasteiger partial charge in [-0.05, 0) is 32.1 Å². The number of rotatable bonds is 6. The van der Waals surface area contributed by atoms with E-state index in [1.54, 1.807) is 23.1 Å². The third-order valence-corrected chi connectivity index (χ3v) is 7.06. The van der Waals surface area contributed by atoms with E-state index >= 15 is 0 Å². The fraction of sp³-hybridized carbons (Fsp3) is 0.857. The molecule has 0 radical (unpaired) electrons. The van der Waals surface area contributed by atoms with Crippen molar-refractivity contribution in [2.24, 2.45) is 0 Å². The molecule has 6 heteroatoms. The molecule has 1 heterocycles. The summed E-state index contributed by atoms with van der Waals surface area (Å²) in [5.74, 6) is 0. The zero-order valence-corrected chi connectivity index (χ0v) is 14.9. The smallest absolute Gasteiger partial charge is 0.175 e. The molecule has 0 aromatic carbocycles. The summed E-state index contributed by atoms with van der Waals surface area (Å²) in [5, 5.41) is 13.0. The fourth-order valence-electron chi connectivity index (χ4n) is 2.61. The first-order valence-corrected chi connectivity index (χ1v) is 10.5. The van der Waals surface area contributed by atoms with Crippen LogP contribution in [0.1, 0.15) is 51.9 Å². The summed E-state index contributed by atoms with van der Waals surface area (Å²) < 4.78 is 2.22. The first-order chi connectivity index (χ1) is 9.83. The lowest BCUT2D eigenvalue weighted by Gasteiger charge is -2.29. The van der Waals surface area contributed by atoms with Gasteiger partial charge in [-0.1, -0.05) is 67.5 Å². The van der Waals surface area contributed by atoms with Crippen molar-refractivity contribution in [2.45, 2.75) is 71.8 Å². The van der Waals surface area contributed by atoms with Crippen molar-refractivity contribution in [3.05, 3.63) is 0 Å². The van der Waals surface area contributed by atoms with Crippen molar-refractivity contribution in [2.75, 3.05) is 12.8 Å². The molecule has 1 saturated carbocycles. The van der Waals surface area contributed by atoms with Crippen LogP contribution in [0.25, 0.3) is 0 Å². The summed E-state index contributed by atoms with van der Waals surface area (Å²) in [7, 11) is 0. The molecule has 1 aliphatic carbocycles. The Kier molecular flexibility index (Phi) is 7.70. The Labute approximate surface area is 135 Å². The van der Waals surface area contributed by atoms with Crippen molar-refractivity contribution < 1.29 is 0 Å². The van der Waals surface area contributed by atoms with Gasteiger partial charge in [-0.15, -0.1) is 10.2 Å². The van der Waals surface area contributed by atoms with Crippen molar-refractivity contribution in [3.63, 3.8) is 0 Å². The van der Waals surface area contributed by atoms with Crippen LogP contribution in [0, 0.1) is 0 Å². The van der Waals surface area contributed by atoms with E-state index in [0.717, 1.165) is 15.2 Å². The van der Waals surface area contributed by atoms with Gasteiger partial charge in [0.1, 0.15) is 0 Å². The Balaban J connectivity index is 1.97. The zero-order valence-electron chi connectivity index (χ0n) is 12.4. The van der Waals surface area contributed by atoms with E-state index < -0.39 is 0 Å². The van der Waals surface area contributed by atoms with Crippen LogP contribution in [0.15, 0.2) is 8.68 Å². The molecular weight excluding hydrogens is 306 g/mol. The third-order valence-electron chi connectivity index (χ3n) is 3.67. The van der Waals surface area contributed by atoms with Gasteiger partial charge < -0.3 is 5.32 Å². The van der Waals surface area contributed by atoms with E-state index in [0.29, 0.717) is 11.3 Å². The second-order valence-electron chi connectivity index (χ2n) is 5.25. The van der Waals surface area contributed by atoms with Gasteiger partial charge in [-0.2, -0.15) is 0 Å². The maximum absolute atomic E-state index is 4.33. The lowest BCUT2D eigenvalue weighted by atomic mass is 9.96. The van der Waals surface area contributed by atoms with Gasteiger partial charge >= 0.3 is 0 Å². The maximum Gasteiger partial charge on any atom is 0.175 e. The summed E-state index contributed by atoms with van der Waals surface area (Å²) in [6, 6.07) is 0.641. The van der Waals surface area contributed by atoms with Crippen LogP contribution < -0.4 is 5.32 Å². The van der Waals surface area contributed by atoms with E-state index in [-0.39, 0.29) is 0 Å². The third kappa shape index (κ3) is 5.20. The number of hydrogen-bond acceptors (Lipinski definition) is 6. The van der Waals surface area contributed by atoms with Gasteiger partial charge in [0.05, 0.1) is 0 Å². The monoisotopic (exact) mass is 331 g/mol. The minimum atomic E-state index is 0.641. The zero-order chi connectivity index (χ0) is 14.2. The van der Waals surface area contributed by atoms with E-state index in [4.69, 9.17) is 0 Å². The Morgan fingerprint density at radius 1 is 1.15 bits per heavy atom. The molecule has 3 nitrogen and oxygen atoms in total. The number of nitrogens with zero attached hydrogens (tertiary/aromatic N) is 2. The van der Waals surface area contributed by atoms with Crippen LogP contribution in [0.4, 0.5) is 0 Å². The van der Waals surface area contributed by atoms with Crippen LogP contribution >= 0.6 is 34.9 Å². The minimum Gasteiger partial charge on any atom is -0.313 e. The maximum atomic E-state index is 4.33. The van der Waals surface area contributed by atoms with Crippen LogP contribution in [-0.4, -0.2) is 34.3 Å². The molecule has 114 valence electrons. The number of hydrogen-bond donors (Lipinski definition) is 1. The van der Waals surface area contributed by atoms with Crippen molar-refractivity contribution >= 4 is 34.9 Å². The molecule has 1 fully saturated rings. The molecule has 0 aliphatic heterocycles. The second kappa shape index (κ2) is 9.28. The lowest BCUT2D eigenvalue weighted by Crippen LogP contribution is -2.39. The molecule has 0 amide bonds. The highest BCUT2D eigenvalue weighted by molar-refractivity contribution is 8.03. The second-order valence-corrected chi connectivity index (χ2v) is 8.76. The first-order valence-electron chi connectivity index (χ1n) is 7.61. The van der Waals surface area contributed by atoms with E-state index in [2.05, 4.69) is 28.7 Å². The van der Waals surface area contributed by atoms with Crippen LogP contribution in [-0.2, 0) is 0 Å². The van der Waals surface area contributed by atoms with Gasteiger partial charge in [0.25, 0.3) is 0 Å². The van der Waals surface area contributed by atoms with Crippen LogP contribution in [0.3, 0.4) is 0 Å². The predicted octanol–water partition coefficient (Wildman–Crippen LogP) is 4.44. The molecule has 20 heavy (non-hydrogen) atoms. The molecule has 1 aromatic rings. The summed E-state index contributed by atoms with van der Waals surface area (Å²) in [4.78, 5) is 0. The summed E-state index contributed by atoms with van der Waals surface area (Å²) >= 11 is 5.38. The quantitative estimate of drug-likeness (QED) is 0.780. The Morgan fingerprint density at radius 3 is 2.60 bits per heavy atom. The minimum absolute atomic E-state index is 0.641. The Morgan fingerprint density at radius 2 is 1.90 bits per heavy atom. The average molecular weight is 332 g/mol. The van der Waals surface area contributed by atoms with Crippen molar-refractivity contribution in [3.8, 4) is 0 Å². The molecule has 0 saturated heterocycles. The number of thioether (sulfide) groups is 2. The van der Waals surface area contributed by atoms with Crippen LogP contribution in [0.5, 0.6) is 0 Å². The standard InChI is InChI=1S/C14H25N3S3/c1-3-10-15-11-8-6-4-5-7-9-12(11)19-14-17-16-13(18-2)20-14/h11-12,15H,3-10H2,1-2H3. The fourth-order valence-corrected chi connectivity index (χ4v) is 5.60. The number of aromatic nitrogens is 2. The van der Waals surface area contributed by atoms with Crippen LogP contribution in [0.2, 0.25) is 0 Å². The average Bonchev–Trinajstić information content (AvgIpc) is 2.89. The topological polar surface area (TPSA) is 37.8 Å². The molecule has 2 atom stereocenters. The van der Waals surface area contributed by atoms with E-state index in [9.17, 15) is 0 Å². The van der Waals surface area contributed by atoms with Crippen molar-refractivity contribution in [1.29, 1.82) is 0 Å². The SMILES string of the molecule is CCCNC1CCCCCCC1Sc1nnc(SC)s1. The number of nitrogens with one attached hydrogen (secondary N) is 1.